The molecule has 0 spiro atoms. The highest BCUT2D eigenvalue weighted by atomic mass is 32.2. The van der Waals surface area contributed by atoms with Crippen LogP contribution in [0.4, 0.5) is 0 Å². The van der Waals surface area contributed by atoms with Crippen LogP contribution in [0.15, 0.2) is 34.2 Å². The zero-order valence-electron chi connectivity index (χ0n) is 11.3. The number of hydrogen-bond donors (Lipinski definition) is 1. The number of aliphatic imine (C=N–C) groups is 1. The number of hydrogen-bond acceptors (Lipinski definition) is 4. The summed E-state index contributed by atoms with van der Waals surface area (Å²) in [4.78, 5) is 4.69. The minimum atomic E-state index is -3.41. The van der Waals surface area contributed by atoms with Gasteiger partial charge in [0.25, 0.3) is 10.0 Å². The highest BCUT2D eigenvalue weighted by molar-refractivity contribution is 8.00. The SMILES string of the molecule is CC(C)(C)SCCN=C1NS(=O)(=O)c2ccccc21. The number of nitrogens with one attached hydrogen (secondary N) is 1. The Labute approximate surface area is 118 Å². The molecule has 0 radical (unpaired) electrons. The van der Waals surface area contributed by atoms with E-state index < -0.39 is 10.0 Å². The van der Waals surface area contributed by atoms with Gasteiger partial charge in [0.1, 0.15) is 5.84 Å². The molecule has 1 N–H and O–H groups in total. The first-order chi connectivity index (χ1) is 8.80. The van der Waals surface area contributed by atoms with Gasteiger partial charge in [0, 0.05) is 16.1 Å². The Morgan fingerprint density at radius 3 is 2.63 bits per heavy atom. The Balaban J connectivity index is 2.11. The summed E-state index contributed by atoms with van der Waals surface area (Å²) in [6.45, 7) is 7.06. The lowest BCUT2D eigenvalue weighted by Gasteiger charge is -2.16. The van der Waals surface area contributed by atoms with E-state index in [-0.39, 0.29) is 4.75 Å². The van der Waals surface area contributed by atoms with Crippen molar-refractivity contribution >= 4 is 27.6 Å². The van der Waals surface area contributed by atoms with Crippen LogP contribution >= 0.6 is 11.8 Å². The van der Waals surface area contributed by atoms with Crippen molar-refractivity contribution in [1.82, 2.24) is 4.72 Å². The predicted octanol–water partition coefficient (Wildman–Crippen LogP) is 2.26. The molecule has 0 aliphatic carbocycles. The van der Waals surface area contributed by atoms with Crippen molar-refractivity contribution in [1.29, 1.82) is 0 Å². The van der Waals surface area contributed by atoms with Crippen molar-refractivity contribution < 1.29 is 8.42 Å². The van der Waals surface area contributed by atoms with Crippen LogP contribution in [0, 0.1) is 0 Å². The molecular formula is C13H18N2O2S2. The van der Waals surface area contributed by atoms with Gasteiger partial charge in [0.15, 0.2) is 0 Å². The molecule has 1 aromatic carbocycles. The van der Waals surface area contributed by atoms with Gasteiger partial charge in [0.05, 0.1) is 11.4 Å². The first-order valence-electron chi connectivity index (χ1n) is 6.10. The van der Waals surface area contributed by atoms with E-state index in [4.69, 9.17) is 0 Å². The predicted molar refractivity (Wildman–Crippen MR) is 80.4 cm³/mol. The lowest BCUT2D eigenvalue weighted by molar-refractivity contribution is 0.595. The molecule has 6 heteroatoms. The van der Waals surface area contributed by atoms with Crippen molar-refractivity contribution in [2.45, 2.75) is 30.4 Å². The molecule has 104 valence electrons. The standard InChI is InChI=1S/C13H18N2O2S2/c1-13(2,3)18-9-8-14-12-10-6-4-5-7-11(10)19(16,17)15-12/h4-7H,8-9H2,1-3H3,(H,14,15). The Bertz CT molecular complexity index is 601. The summed E-state index contributed by atoms with van der Waals surface area (Å²) in [5, 5.41) is 0. The second kappa shape index (κ2) is 5.17. The third-order valence-electron chi connectivity index (χ3n) is 2.56. The molecule has 0 fully saturated rings. The Morgan fingerprint density at radius 1 is 1.26 bits per heavy atom. The van der Waals surface area contributed by atoms with E-state index in [1.54, 1.807) is 18.2 Å². The number of sulfonamides is 1. The summed E-state index contributed by atoms with van der Waals surface area (Å²) in [6, 6.07) is 6.92. The molecular weight excluding hydrogens is 280 g/mol. The van der Waals surface area contributed by atoms with Crippen LogP contribution in [0.2, 0.25) is 0 Å². The molecule has 4 nitrogen and oxygen atoms in total. The maximum Gasteiger partial charge on any atom is 0.263 e. The molecule has 0 saturated carbocycles. The normalized spacial score (nSPS) is 19.2. The smallest absolute Gasteiger partial charge is 0.263 e. The van der Waals surface area contributed by atoms with Crippen LogP contribution in [0.3, 0.4) is 0 Å². The third-order valence-corrected chi connectivity index (χ3v) is 5.21. The van der Waals surface area contributed by atoms with Crippen LogP contribution in [0.1, 0.15) is 26.3 Å². The monoisotopic (exact) mass is 298 g/mol. The van der Waals surface area contributed by atoms with Gasteiger partial charge in [-0.3, -0.25) is 9.71 Å². The largest absolute Gasteiger partial charge is 0.266 e. The highest BCUT2D eigenvalue weighted by Gasteiger charge is 2.29. The zero-order valence-corrected chi connectivity index (χ0v) is 12.9. The Hall–Kier alpha value is -1.01. The molecule has 0 saturated heterocycles. The van der Waals surface area contributed by atoms with Crippen molar-refractivity contribution in [3.05, 3.63) is 29.8 Å². The van der Waals surface area contributed by atoms with E-state index in [0.29, 0.717) is 22.8 Å². The van der Waals surface area contributed by atoms with Crippen molar-refractivity contribution in [2.24, 2.45) is 4.99 Å². The molecule has 2 rings (SSSR count). The van der Waals surface area contributed by atoms with Gasteiger partial charge < -0.3 is 0 Å². The maximum atomic E-state index is 11.9. The first kappa shape index (κ1) is 14.4. The molecule has 0 unspecified atom stereocenters. The quantitative estimate of drug-likeness (QED) is 0.871. The molecule has 1 heterocycles. The number of rotatable bonds is 3. The zero-order chi connectivity index (χ0) is 14.1. The molecule has 1 aliphatic rings. The highest BCUT2D eigenvalue weighted by Crippen LogP contribution is 2.24. The van der Waals surface area contributed by atoms with Gasteiger partial charge in [-0.05, 0) is 12.1 Å². The van der Waals surface area contributed by atoms with E-state index in [1.165, 1.54) is 0 Å². The van der Waals surface area contributed by atoms with Gasteiger partial charge >= 0.3 is 0 Å². The fourth-order valence-electron chi connectivity index (χ4n) is 1.76. The first-order valence-corrected chi connectivity index (χ1v) is 8.57. The summed E-state index contributed by atoms with van der Waals surface area (Å²) in [5.41, 5.74) is 0.670. The topological polar surface area (TPSA) is 58.5 Å². The molecule has 19 heavy (non-hydrogen) atoms. The lowest BCUT2D eigenvalue weighted by atomic mass is 10.2. The van der Waals surface area contributed by atoms with Gasteiger partial charge in [-0.25, -0.2) is 8.42 Å². The number of benzene rings is 1. The van der Waals surface area contributed by atoms with Crippen LogP contribution < -0.4 is 4.72 Å². The van der Waals surface area contributed by atoms with Crippen molar-refractivity contribution in [2.75, 3.05) is 12.3 Å². The van der Waals surface area contributed by atoms with Gasteiger partial charge in [-0.15, -0.1) is 0 Å². The molecule has 0 amide bonds. The number of fused-ring (bicyclic) bond motifs is 1. The summed E-state index contributed by atoms with van der Waals surface area (Å²) in [5.74, 6) is 1.33. The Morgan fingerprint density at radius 2 is 1.95 bits per heavy atom. The van der Waals surface area contributed by atoms with Gasteiger partial charge in [0.2, 0.25) is 0 Å². The van der Waals surface area contributed by atoms with Crippen LogP contribution in [-0.2, 0) is 10.0 Å². The molecule has 1 aliphatic heterocycles. The fraction of sp³-hybridized carbons (Fsp3) is 0.462. The average Bonchev–Trinajstić information content (AvgIpc) is 2.57. The lowest BCUT2D eigenvalue weighted by Crippen LogP contribution is -2.22. The van der Waals surface area contributed by atoms with Crippen LogP contribution in [0.25, 0.3) is 0 Å². The fourth-order valence-corrected chi connectivity index (χ4v) is 3.81. The van der Waals surface area contributed by atoms with E-state index in [9.17, 15) is 8.42 Å². The average molecular weight is 298 g/mol. The second-order valence-electron chi connectivity index (χ2n) is 5.29. The number of amidine groups is 1. The molecule has 0 aromatic heterocycles. The number of nitrogens with zero attached hydrogens (tertiary/aromatic N) is 1. The third kappa shape index (κ3) is 3.51. The van der Waals surface area contributed by atoms with Gasteiger partial charge in [-0.2, -0.15) is 11.8 Å². The van der Waals surface area contributed by atoms with Crippen molar-refractivity contribution in [3.8, 4) is 0 Å². The maximum absolute atomic E-state index is 11.9. The minimum absolute atomic E-state index is 0.202. The van der Waals surface area contributed by atoms with Crippen LogP contribution in [0.5, 0.6) is 0 Å². The molecule has 0 bridgehead atoms. The second-order valence-corrected chi connectivity index (χ2v) is 8.87. The molecule has 1 aromatic rings. The van der Waals surface area contributed by atoms with Crippen LogP contribution in [-0.4, -0.2) is 31.3 Å². The van der Waals surface area contributed by atoms with E-state index in [1.807, 2.05) is 17.8 Å². The number of thioether (sulfide) groups is 1. The summed E-state index contributed by atoms with van der Waals surface area (Å²) < 4.78 is 26.4. The van der Waals surface area contributed by atoms with E-state index in [2.05, 4.69) is 30.5 Å². The summed E-state index contributed by atoms with van der Waals surface area (Å²) in [7, 11) is -3.41. The van der Waals surface area contributed by atoms with Gasteiger partial charge in [-0.1, -0.05) is 32.9 Å². The van der Waals surface area contributed by atoms with Crippen molar-refractivity contribution in [3.63, 3.8) is 0 Å². The summed E-state index contributed by atoms with van der Waals surface area (Å²) in [6.07, 6.45) is 0. The summed E-state index contributed by atoms with van der Waals surface area (Å²) >= 11 is 1.81. The van der Waals surface area contributed by atoms with E-state index in [0.717, 1.165) is 5.75 Å². The Kier molecular flexibility index (Phi) is 3.92. The minimum Gasteiger partial charge on any atom is -0.266 e. The van der Waals surface area contributed by atoms with E-state index >= 15 is 0 Å². The molecule has 0 atom stereocenters.